The maximum Gasteiger partial charge on any atom is 0.247 e. The van der Waals surface area contributed by atoms with Gasteiger partial charge in [-0.2, -0.15) is 5.26 Å². The largest absolute Gasteiger partial charge is 0.335 e. The molecule has 6 heterocycles. The van der Waals surface area contributed by atoms with Gasteiger partial charge in [0.05, 0.1) is 67.4 Å². The third-order valence-electron chi connectivity index (χ3n) is 25.5. The highest BCUT2D eigenvalue weighted by atomic mass is 15.2. The fourth-order valence-electron chi connectivity index (χ4n) is 19.6. The van der Waals surface area contributed by atoms with Gasteiger partial charge in [-0.1, -0.05) is 259 Å². The molecule has 7 nitrogen and oxygen atoms in total. The maximum atomic E-state index is 12.3. The SMILES string of the molecule is [2H]C1=C([2H])C2c3c([2H])c([2H])c([2H])c([2H])c3N(c3ccc(C#N)c(N4C5=C6B(c7ccc(-n8c9ccc(C(C)(C)C)cc9c9cc(C(C)(C)C)ccc98)cc74)c4ccc(-n7c8ccc(C(C)(C)C)cc8c8cc(C(C)(C)C)ccc87)cc4N(c4cc(-c7ccccc7)cc(C7C=CC=CC7)c4)C6CC(n4c6ccccc6c6ccccc64)=C5)c3)C2C([2H])=C1[2H]. The van der Waals surface area contributed by atoms with Crippen LogP contribution in [0.2, 0.25) is 0 Å². The van der Waals surface area contributed by atoms with Crippen LogP contribution in [0.25, 0.3) is 93.6 Å². The molecule has 3 aromatic heterocycles. The molecule has 0 amide bonds. The van der Waals surface area contributed by atoms with Gasteiger partial charge in [-0.25, -0.2) is 0 Å². The van der Waals surface area contributed by atoms with Crippen LogP contribution in [0.15, 0.2) is 314 Å². The van der Waals surface area contributed by atoms with E-state index in [1.807, 2.05) is 6.07 Å². The maximum absolute atomic E-state index is 12.3. The predicted octanol–water partition coefficient (Wildman–Crippen LogP) is 26.1. The van der Waals surface area contributed by atoms with Crippen molar-refractivity contribution in [3.63, 3.8) is 0 Å². The molecule has 560 valence electrons. The first-order chi connectivity index (χ1) is 58.8. The second-order valence-electron chi connectivity index (χ2n) is 36.5. The Morgan fingerprint density at radius 2 is 0.957 bits per heavy atom. The van der Waals surface area contributed by atoms with Gasteiger partial charge in [0, 0.05) is 102 Å². The van der Waals surface area contributed by atoms with E-state index in [-0.39, 0.29) is 63.0 Å². The second-order valence-corrected chi connectivity index (χ2v) is 36.5. The molecule has 0 N–H and O–H groups in total. The number of fused-ring (bicyclic) bond motifs is 16. The summed E-state index contributed by atoms with van der Waals surface area (Å²) in [5, 5.41) is 19.2. The van der Waals surface area contributed by atoms with Crippen molar-refractivity contribution in [3.05, 3.63) is 353 Å². The highest BCUT2D eigenvalue weighted by molar-refractivity contribution is 6.94. The predicted molar refractivity (Wildman–Crippen MR) is 487 cm³/mol. The summed E-state index contributed by atoms with van der Waals surface area (Å²) < 4.78 is 83.3. The van der Waals surface area contributed by atoms with Crippen molar-refractivity contribution in [1.82, 2.24) is 13.7 Å². The second kappa shape index (κ2) is 25.7. The summed E-state index contributed by atoms with van der Waals surface area (Å²) in [7, 11) is 0. The summed E-state index contributed by atoms with van der Waals surface area (Å²) in [6, 6.07) is 80.6. The molecule has 115 heavy (non-hydrogen) atoms. The van der Waals surface area contributed by atoms with Crippen molar-refractivity contribution in [3.8, 4) is 28.6 Å². The molecule has 0 radical (unpaired) electrons. The lowest BCUT2D eigenvalue weighted by Crippen LogP contribution is -2.61. The third-order valence-corrected chi connectivity index (χ3v) is 25.5. The Morgan fingerprint density at radius 3 is 1.52 bits per heavy atom. The lowest BCUT2D eigenvalue weighted by molar-refractivity contribution is 0.590. The van der Waals surface area contributed by atoms with Crippen LogP contribution in [0.1, 0.15) is 158 Å². The normalized spacial score (nSPS) is 19.1. The Hall–Kier alpha value is -12.6. The molecule has 15 aromatic rings. The minimum Gasteiger partial charge on any atom is -0.335 e. The zero-order valence-corrected chi connectivity index (χ0v) is 67.2. The number of para-hydroxylation sites is 3. The van der Waals surface area contributed by atoms with Gasteiger partial charge in [-0.15, -0.1) is 0 Å². The molecule has 0 saturated heterocycles. The fourth-order valence-corrected chi connectivity index (χ4v) is 19.6. The van der Waals surface area contributed by atoms with Crippen LogP contribution in [0, 0.1) is 11.3 Å². The number of benzene rings is 12. The molecule has 6 aliphatic rings. The monoisotopic (exact) mass is 1500 g/mol. The van der Waals surface area contributed by atoms with E-state index in [9.17, 15) is 13.5 Å². The van der Waals surface area contributed by atoms with Crippen molar-refractivity contribution >= 4 is 123 Å². The Bertz CT molecular complexity index is 7220. The van der Waals surface area contributed by atoms with E-state index in [1.165, 1.54) is 38.6 Å². The van der Waals surface area contributed by atoms with E-state index in [1.54, 1.807) is 17.0 Å². The Morgan fingerprint density at radius 1 is 0.435 bits per heavy atom. The zero-order valence-electron chi connectivity index (χ0n) is 75.2. The minimum absolute atomic E-state index is 0.0509. The molecule has 4 unspecified atom stereocenters. The summed E-state index contributed by atoms with van der Waals surface area (Å²) in [6.45, 7) is 26.9. The van der Waals surface area contributed by atoms with Crippen molar-refractivity contribution in [2.24, 2.45) is 0 Å². The van der Waals surface area contributed by atoms with Crippen LogP contribution in [0.4, 0.5) is 34.1 Å². The lowest BCUT2D eigenvalue weighted by Gasteiger charge is -2.51. The molecule has 21 rings (SSSR count). The topological polar surface area (TPSA) is 48.3 Å². The van der Waals surface area contributed by atoms with E-state index in [4.69, 9.17) is 2.74 Å². The molecule has 0 bridgehead atoms. The number of hydrogen-bond donors (Lipinski definition) is 0. The van der Waals surface area contributed by atoms with Crippen LogP contribution < -0.4 is 25.6 Å². The van der Waals surface area contributed by atoms with Gasteiger partial charge in [0.1, 0.15) is 6.07 Å². The van der Waals surface area contributed by atoms with E-state index in [0.717, 1.165) is 128 Å². The van der Waals surface area contributed by atoms with E-state index in [2.05, 4.69) is 349 Å². The third kappa shape index (κ3) is 11.1. The van der Waals surface area contributed by atoms with E-state index < -0.39 is 48.9 Å². The van der Waals surface area contributed by atoms with E-state index in [0.29, 0.717) is 23.4 Å². The van der Waals surface area contributed by atoms with Crippen molar-refractivity contribution in [2.75, 3.05) is 14.7 Å². The average Bonchev–Trinajstić information content (AvgIpc) is 1.67. The lowest BCUT2D eigenvalue weighted by atomic mass is 9.31. The van der Waals surface area contributed by atoms with Gasteiger partial charge in [-0.05, 0) is 216 Å². The Labute approximate surface area is 687 Å². The average molecular weight is 1500 g/mol. The molecular weight excluding hydrogens is 1390 g/mol. The summed E-state index contributed by atoms with van der Waals surface area (Å²) >= 11 is 0. The highest BCUT2D eigenvalue weighted by Crippen LogP contribution is 2.55. The zero-order chi connectivity index (χ0) is 85.4. The van der Waals surface area contributed by atoms with Crippen molar-refractivity contribution in [2.45, 2.75) is 142 Å². The van der Waals surface area contributed by atoms with Gasteiger partial charge < -0.3 is 28.4 Å². The first-order valence-electron chi connectivity index (χ1n) is 44.7. The summed E-state index contributed by atoms with van der Waals surface area (Å²) in [5.41, 5.74) is 25.0. The number of rotatable bonds is 8. The van der Waals surface area contributed by atoms with Crippen molar-refractivity contribution in [1.29, 1.82) is 5.26 Å². The van der Waals surface area contributed by atoms with Crippen LogP contribution in [-0.4, -0.2) is 32.5 Å². The standard InChI is InChI=1S/C107H94BN7/c1-104(2,3)71-40-49-94-84(56-71)85-57-72(105(4,5)6)41-50-95(85)111(94)76-45-47-88-99(61-76)114(78-54-69(66-27-15-13-16-28-66)53-70(55-78)67-29-17-14-18-30-67)101-63-79(113-92-37-25-21-33-82(92)83-34-22-26-38-93(83)113)64-102-103(101)108(88)89-48-46-77(112-96-51-42-73(106(7,8)9)58-86(96)87-59-74(107(10,11)12)43-52-97(87)112)62-100(89)115(102)98-60-75(44-39-68(98)65-109)110-90-35-23-19-31-80(90)81-32-20-24-36-91(81)110/h13-29,31-62,64,67,80,90,101H,30,63H2,1-12H3/i19D,20D,23D,24D,31D,32D,35D,36D. The quantitative estimate of drug-likeness (QED) is 0.142. The Kier molecular flexibility index (Phi) is 13.9. The summed E-state index contributed by atoms with van der Waals surface area (Å²) in [4.78, 5) is 6.65. The van der Waals surface area contributed by atoms with Crippen LogP contribution in [0.5, 0.6) is 0 Å². The van der Waals surface area contributed by atoms with E-state index >= 15 is 0 Å². The number of nitrogens with zero attached hydrogens (tertiary/aromatic N) is 7. The van der Waals surface area contributed by atoms with Crippen molar-refractivity contribution < 1.29 is 11.0 Å². The molecule has 12 aromatic carbocycles. The number of hydrogen-bond acceptors (Lipinski definition) is 4. The first kappa shape index (κ1) is 61.9. The minimum atomic E-state index is -1.24. The molecular formula is C107H94BN7. The number of nitriles is 1. The molecule has 3 aliphatic heterocycles. The van der Waals surface area contributed by atoms with Gasteiger partial charge in [0.2, 0.25) is 6.71 Å². The number of allylic oxidation sites excluding steroid dienone is 7. The Balaban J connectivity index is 0.913. The molecule has 0 fully saturated rings. The van der Waals surface area contributed by atoms with Gasteiger partial charge in [-0.3, -0.25) is 0 Å². The van der Waals surface area contributed by atoms with Gasteiger partial charge >= 0.3 is 0 Å². The number of aromatic nitrogens is 3. The summed E-state index contributed by atoms with van der Waals surface area (Å²) in [6.07, 6.45) is 12.6. The molecule has 0 spiro atoms. The molecule has 3 aliphatic carbocycles. The first-order valence-corrected chi connectivity index (χ1v) is 40.7. The fraction of sp³-hybridized carbons (Fsp3) is 0.206. The van der Waals surface area contributed by atoms with Crippen LogP contribution in [-0.2, 0) is 21.7 Å². The van der Waals surface area contributed by atoms with Gasteiger partial charge in [0.15, 0.2) is 0 Å². The smallest absolute Gasteiger partial charge is 0.247 e. The van der Waals surface area contributed by atoms with Crippen LogP contribution >= 0.6 is 0 Å². The highest BCUT2D eigenvalue weighted by Gasteiger charge is 2.50. The molecule has 4 atom stereocenters. The number of anilines is 6. The van der Waals surface area contributed by atoms with Crippen LogP contribution in [0.3, 0.4) is 0 Å². The molecule has 8 heteroatoms. The molecule has 0 saturated carbocycles. The van der Waals surface area contributed by atoms with Gasteiger partial charge in [0.25, 0.3) is 0 Å². The summed E-state index contributed by atoms with van der Waals surface area (Å²) in [5.74, 6) is -1.15.